The van der Waals surface area contributed by atoms with Crippen molar-refractivity contribution in [2.45, 2.75) is -1.23 Å². The summed E-state index contributed by atoms with van der Waals surface area (Å²) in [6, 6.07) is 0. The van der Waals surface area contributed by atoms with Gasteiger partial charge in [-0.1, -0.05) is 0 Å². The van der Waals surface area contributed by atoms with E-state index in [9.17, 15) is 8.42 Å². The van der Waals surface area contributed by atoms with Crippen molar-refractivity contribution in [3.05, 3.63) is 0 Å². The second kappa shape index (κ2) is 3.22. The van der Waals surface area contributed by atoms with Gasteiger partial charge in [0.15, 0.2) is 0 Å². The Morgan fingerprint density at radius 1 is 1.25 bits per heavy atom. The van der Waals surface area contributed by atoms with E-state index >= 15 is 0 Å². The van der Waals surface area contributed by atoms with Crippen molar-refractivity contribution >= 4 is 87.5 Å². The first-order valence-corrected chi connectivity index (χ1v) is 6.80. The maximum Gasteiger partial charge on any atom is 0.266 e. The van der Waals surface area contributed by atoms with Crippen LogP contribution in [0.2, 0.25) is 0 Å². The molecule has 0 heterocycles. The fraction of sp³-hybridized carbons (Fsp3) is 1.00. The van der Waals surface area contributed by atoms with Crippen molar-refractivity contribution in [1.29, 1.82) is 0 Å². The van der Waals surface area contributed by atoms with Gasteiger partial charge in [-0.05, 0) is 67.8 Å². The molecule has 0 radical (unpaired) electrons. The Bertz CT molecular complexity index is 166. The minimum Gasteiger partial charge on any atom is -0.209 e. The van der Waals surface area contributed by atoms with E-state index in [1.165, 1.54) is 0 Å². The molecule has 0 aromatic heterocycles. The standard InChI is InChI=1S/CClI3O2S/c2-8(6,7)1(3,4)5. The number of hydrogen-bond donors (Lipinski definition) is 0. The summed E-state index contributed by atoms with van der Waals surface area (Å²) in [6.45, 7) is 0. The van der Waals surface area contributed by atoms with Gasteiger partial charge in [0.2, 0.25) is -1.23 Å². The quantitative estimate of drug-likeness (QED) is 0.321. The molecule has 2 nitrogen and oxygen atoms in total. The molecule has 0 aromatic carbocycles. The maximum atomic E-state index is 10.4. The molecule has 0 fully saturated rings. The average molecular weight is 492 g/mol. The van der Waals surface area contributed by atoms with Crippen molar-refractivity contribution in [3.8, 4) is 0 Å². The summed E-state index contributed by atoms with van der Waals surface area (Å²) in [4.78, 5) is 0. The number of rotatable bonds is 1. The first kappa shape index (κ1) is 10.4. The zero-order valence-corrected chi connectivity index (χ0v) is 11.3. The average Bonchev–Trinajstić information content (AvgIpc) is 1.25. The lowest BCUT2D eigenvalue weighted by Gasteiger charge is -2.04. The van der Waals surface area contributed by atoms with E-state index in [1.807, 2.05) is 0 Å². The fourth-order valence-corrected chi connectivity index (χ4v) is 0. The van der Waals surface area contributed by atoms with Gasteiger partial charge in [-0.25, -0.2) is 8.42 Å². The Kier molecular flexibility index (Phi) is 4.20. The molecular formula is CClI3O2S. The molecule has 7 heteroatoms. The van der Waals surface area contributed by atoms with Gasteiger partial charge < -0.3 is 0 Å². The molecule has 0 atom stereocenters. The van der Waals surface area contributed by atoms with Gasteiger partial charge in [0.1, 0.15) is 0 Å². The van der Waals surface area contributed by atoms with Crippen LogP contribution in [-0.4, -0.2) is 7.19 Å². The van der Waals surface area contributed by atoms with Crippen LogP contribution in [0.25, 0.3) is 0 Å². The highest BCUT2D eigenvalue weighted by molar-refractivity contribution is 14.3. The normalized spacial score (nSPS) is 14.0. The van der Waals surface area contributed by atoms with Gasteiger partial charge in [0.05, 0.1) is 0 Å². The monoisotopic (exact) mass is 492 g/mol. The van der Waals surface area contributed by atoms with Crippen LogP contribution in [-0.2, 0) is 9.05 Å². The molecule has 0 spiro atoms. The van der Waals surface area contributed by atoms with Crippen LogP contribution < -0.4 is 0 Å². The van der Waals surface area contributed by atoms with Gasteiger partial charge in [-0.15, -0.1) is 0 Å². The van der Waals surface area contributed by atoms with Crippen molar-refractivity contribution in [2.24, 2.45) is 0 Å². The summed E-state index contributed by atoms with van der Waals surface area (Å²) < 4.78 is 19.9. The fourth-order valence-electron chi connectivity index (χ4n) is 0. The molecule has 0 N–H and O–H groups in total. The van der Waals surface area contributed by atoms with Gasteiger partial charge in [0.25, 0.3) is 9.05 Å². The molecule has 0 saturated carbocycles. The predicted octanol–water partition coefficient (Wildman–Crippen LogP) is 2.47. The molecular weight excluding hydrogens is 492 g/mol. The van der Waals surface area contributed by atoms with Crippen molar-refractivity contribution in [2.75, 3.05) is 0 Å². The Morgan fingerprint density at radius 3 is 1.38 bits per heavy atom. The first-order valence-electron chi connectivity index (χ1n) is 1.26. The second-order valence-electron chi connectivity index (χ2n) is 0.884. The summed E-state index contributed by atoms with van der Waals surface area (Å²) >= 11 is 5.21. The summed E-state index contributed by atoms with van der Waals surface area (Å²) in [6.07, 6.45) is 0. The van der Waals surface area contributed by atoms with Crippen LogP contribution >= 0.6 is 78.5 Å². The molecule has 0 aliphatic rings. The van der Waals surface area contributed by atoms with Gasteiger partial charge in [0, 0.05) is 10.7 Å². The van der Waals surface area contributed by atoms with Crippen LogP contribution in [0.15, 0.2) is 0 Å². The second-order valence-corrected chi connectivity index (χ2v) is 16.8. The summed E-state index contributed by atoms with van der Waals surface area (Å²) in [5.74, 6) is 0. The van der Waals surface area contributed by atoms with Gasteiger partial charge >= 0.3 is 0 Å². The number of halogens is 4. The first-order chi connectivity index (χ1) is 3.25. The lowest BCUT2D eigenvalue weighted by Crippen LogP contribution is -2.08. The zero-order valence-electron chi connectivity index (χ0n) is 3.24. The maximum absolute atomic E-state index is 10.4. The van der Waals surface area contributed by atoms with E-state index in [-0.39, 0.29) is 0 Å². The van der Waals surface area contributed by atoms with Crippen LogP contribution in [0, 0.1) is 0 Å². The van der Waals surface area contributed by atoms with E-state index < -0.39 is 7.82 Å². The zero-order chi connectivity index (χ0) is 7.00. The van der Waals surface area contributed by atoms with E-state index in [1.54, 1.807) is 67.8 Å². The molecule has 0 bridgehead atoms. The number of alkyl halides is 3. The highest BCUT2D eigenvalue weighted by atomic mass is 127. The highest BCUT2D eigenvalue weighted by Crippen LogP contribution is 2.43. The Labute approximate surface area is 93.0 Å². The van der Waals surface area contributed by atoms with Crippen molar-refractivity contribution in [1.82, 2.24) is 0 Å². The van der Waals surface area contributed by atoms with Crippen LogP contribution in [0.5, 0.6) is 0 Å². The van der Waals surface area contributed by atoms with Crippen molar-refractivity contribution in [3.63, 3.8) is 0 Å². The van der Waals surface area contributed by atoms with E-state index in [4.69, 9.17) is 10.7 Å². The van der Waals surface area contributed by atoms with Crippen molar-refractivity contribution < 1.29 is 8.42 Å². The summed E-state index contributed by atoms with van der Waals surface area (Å²) in [5, 5.41) is 0. The van der Waals surface area contributed by atoms with Crippen LogP contribution in [0.1, 0.15) is 0 Å². The molecule has 0 aromatic rings. The highest BCUT2D eigenvalue weighted by Gasteiger charge is 2.33. The third kappa shape index (κ3) is 3.56. The van der Waals surface area contributed by atoms with E-state index in [0.717, 1.165) is 0 Å². The SMILES string of the molecule is O=S(=O)(Cl)C(I)(I)I. The van der Waals surface area contributed by atoms with Crippen LogP contribution in [0.4, 0.5) is 0 Å². The minimum atomic E-state index is -3.41. The Balaban J connectivity index is 4.53. The molecule has 0 rings (SSSR count). The molecule has 0 amide bonds. The minimum absolute atomic E-state index is 0.915. The van der Waals surface area contributed by atoms with Crippen LogP contribution in [0.3, 0.4) is 0 Å². The van der Waals surface area contributed by atoms with Gasteiger partial charge in [-0.3, -0.25) is 0 Å². The largest absolute Gasteiger partial charge is 0.266 e. The topological polar surface area (TPSA) is 34.1 Å². The summed E-state index contributed by atoms with van der Waals surface area (Å²) in [7, 11) is 1.55. The molecule has 0 saturated heterocycles. The van der Waals surface area contributed by atoms with Gasteiger partial charge in [-0.2, -0.15) is 0 Å². The smallest absolute Gasteiger partial charge is 0.209 e. The molecule has 0 aliphatic carbocycles. The lowest BCUT2D eigenvalue weighted by atomic mass is 11.9. The molecule has 8 heavy (non-hydrogen) atoms. The van der Waals surface area contributed by atoms with E-state index in [2.05, 4.69) is 0 Å². The molecule has 0 unspecified atom stereocenters. The predicted molar refractivity (Wildman–Crippen MR) is 59.6 cm³/mol. The lowest BCUT2D eigenvalue weighted by molar-refractivity contribution is 0.613. The summed E-state index contributed by atoms with van der Waals surface area (Å²) in [5.41, 5.74) is 0. The molecule has 0 aliphatic heterocycles. The Morgan fingerprint density at radius 2 is 1.38 bits per heavy atom. The molecule has 50 valence electrons. The Hall–Kier alpha value is 2.43. The third-order valence-corrected chi connectivity index (χ3v) is 9.08. The third-order valence-electron chi connectivity index (χ3n) is 0.276. The van der Waals surface area contributed by atoms with E-state index in [0.29, 0.717) is 0 Å². The number of hydrogen-bond acceptors (Lipinski definition) is 2.